The maximum atomic E-state index is 12.3. The zero-order valence-electron chi connectivity index (χ0n) is 9.51. The van der Waals surface area contributed by atoms with Gasteiger partial charge in [-0.2, -0.15) is 0 Å². The Bertz CT molecular complexity index is 556. The molecular formula is C12H14O4S. The van der Waals surface area contributed by atoms with Crippen LogP contribution in [0.5, 0.6) is 0 Å². The third kappa shape index (κ3) is 1.65. The summed E-state index contributed by atoms with van der Waals surface area (Å²) in [5.41, 5.74) is 0.811. The predicted molar refractivity (Wildman–Crippen MR) is 62.6 cm³/mol. The number of hydrogen-bond donors (Lipinski definition) is 1. The Morgan fingerprint density at radius 1 is 1.35 bits per heavy atom. The van der Waals surface area contributed by atoms with Crippen molar-refractivity contribution in [2.75, 3.05) is 0 Å². The molecule has 1 aromatic carbocycles. The summed E-state index contributed by atoms with van der Waals surface area (Å²) in [7, 11) is -3.79. The number of sulfone groups is 1. The van der Waals surface area contributed by atoms with Gasteiger partial charge in [0.15, 0.2) is 14.6 Å². The van der Waals surface area contributed by atoms with E-state index in [9.17, 15) is 18.3 Å². The van der Waals surface area contributed by atoms with E-state index >= 15 is 0 Å². The highest BCUT2D eigenvalue weighted by atomic mass is 32.2. The van der Waals surface area contributed by atoms with Crippen LogP contribution in [0.15, 0.2) is 29.2 Å². The Morgan fingerprint density at radius 2 is 2.00 bits per heavy atom. The zero-order chi connectivity index (χ0) is 12.7. The quantitative estimate of drug-likeness (QED) is 0.892. The van der Waals surface area contributed by atoms with E-state index in [1.165, 1.54) is 12.1 Å². The molecule has 0 saturated heterocycles. The molecule has 92 valence electrons. The Labute approximate surface area is 100 Å². The van der Waals surface area contributed by atoms with Gasteiger partial charge < -0.3 is 5.11 Å². The van der Waals surface area contributed by atoms with E-state index < -0.39 is 20.6 Å². The number of hydrogen-bond acceptors (Lipinski definition) is 3. The molecule has 2 rings (SSSR count). The first-order valence-corrected chi connectivity index (χ1v) is 6.93. The summed E-state index contributed by atoms with van der Waals surface area (Å²) in [6, 6.07) is 6.41. The second-order valence-corrected chi connectivity index (χ2v) is 6.73. The largest absolute Gasteiger partial charge is 0.480 e. The lowest BCUT2D eigenvalue weighted by Crippen LogP contribution is -2.52. The minimum atomic E-state index is -3.79. The molecule has 1 aromatic rings. The fourth-order valence-corrected chi connectivity index (χ4v) is 4.21. The molecule has 0 bridgehead atoms. The highest BCUT2D eigenvalue weighted by Gasteiger charge is 2.56. The second kappa shape index (κ2) is 3.84. The fourth-order valence-electron chi connectivity index (χ4n) is 2.10. The number of carboxylic acids is 1. The average molecular weight is 254 g/mol. The van der Waals surface area contributed by atoms with Gasteiger partial charge in [-0.05, 0) is 43.9 Å². The molecule has 0 amide bonds. The summed E-state index contributed by atoms with van der Waals surface area (Å²) in [6.07, 6.45) is 1.06. The number of benzene rings is 1. The van der Waals surface area contributed by atoms with Gasteiger partial charge in [-0.3, -0.25) is 4.79 Å². The Morgan fingerprint density at radius 3 is 2.41 bits per heavy atom. The first kappa shape index (κ1) is 12.1. The molecule has 1 fully saturated rings. The predicted octanol–water partition coefficient (Wildman–Crippen LogP) is 1.78. The van der Waals surface area contributed by atoms with E-state index in [4.69, 9.17) is 0 Å². The lowest BCUT2D eigenvalue weighted by Gasteiger charge is -2.36. The normalized spacial score (nSPS) is 18.4. The van der Waals surface area contributed by atoms with Gasteiger partial charge >= 0.3 is 5.97 Å². The van der Waals surface area contributed by atoms with Crippen LogP contribution in [0.2, 0.25) is 0 Å². The maximum absolute atomic E-state index is 12.3. The van der Waals surface area contributed by atoms with Crippen LogP contribution in [0.3, 0.4) is 0 Å². The van der Waals surface area contributed by atoms with E-state index in [1.54, 1.807) is 19.1 Å². The van der Waals surface area contributed by atoms with Gasteiger partial charge in [-0.25, -0.2) is 8.42 Å². The van der Waals surface area contributed by atoms with Gasteiger partial charge in [0.2, 0.25) is 0 Å². The first-order chi connectivity index (χ1) is 7.90. The van der Waals surface area contributed by atoms with E-state index in [0.717, 1.165) is 5.56 Å². The smallest absolute Gasteiger partial charge is 0.325 e. The molecule has 17 heavy (non-hydrogen) atoms. The average Bonchev–Trinajstić information content (AvgIpc) is 2.14. The molecule has 0 heterocycles. The van der Waals surface area contributed by atoms with Crippen molar-refractivity contribution < 1.29 is 18.3 Å². The third-order valence-electron chi connectivity index (χ3n) is 3.37. The molecule has 0 atom stereocenters. The van der Waals surface area contributed by atoms with E-state index in [1.807, 2.05) is 0 Å². The number of aryl methyl sites for hydroxylation is 1. The zero-order valence-corrected chi connectivity index (χ0v) is 10.3. The molecular weight excluding hydrogens is 240 g/mol. The summed E-state index contributed by atoms with van der Waals surface area (Å²) >= 11 is 0. The standard InChI is InChI=1S/C12H14O4S/c1-9-4-2-5-10(8-9)17(15,16)12(11(13)14)6-3-7-12/h2,4-5,8H,3,6-7H2,1H3,(H,13,14). The molecule has 1 aliphatic carbocycles. The van der Waals surface area contributed by atoms with Crippen molar-refractivity contribution in [1.29, 1.82) is 0 Å². The fraction of sp³-hybridized carbons (Fsp3) is 0.417. The van der Waals surface area contributed by atoms with Crippen molar-refractivity contribution in [2.45, 2.75) is 35.8 Å². The monoisotopic (exact) mass is 254 g/mol. The van der Waals surface area contributed by atoms with Crippen LogP contribution in [0.4, 0.5) is 0 Å². The minimum absolute atomic E-state index is 0.111. The van der Waals surface area contributed by atoms with Gasteiger partial charge in [0.05, 0.1) is 4.90 Å². The molecule has 1 aliphatic rings. The van der Waals surface area contributed by atoms with E-state index in [0.29, 0.717) is 6.42 Å². The Kier molecular flexibility index (Phi) is 2.73. The number of rotatable bonds is 3. The van der Waals surface area contributed by atoms with Crippen molar-refractivity contribution in [1.82, 2.24) is 0 Å². The minimum Gasteiger partial charge on any atom is -0.480 e. The topological polar surface area (TPSA) is 71.4 Å². The van der Waals surface area contributed by atoms with Crippen molar-refractivity contribution in [3.05, 3.63) is 29.8 Å². The van der Waals surface area contributed by atoms with Gasteiger partial charge in [0, 0.05) is 0 Å². The van der Waals surface area contributed by atoms with Crippen LogP contribution in [0, 0.1) is 6.92 Å². The number of aliphatic carboxylic acids is 1. The summed E-state index contributed by atoms with van der Waals surface area (Å²) in [4.78, 5) is 11.3. The third-order valence-corrected chi connectivity index (χ3v) is 5.85. The Balaban J connectivity index is 2.54. The molecule has 5 heteroatoms. The SMILES string of the molecule is Cc1cccc(S(=O)(=O)C2(C(=O)O)CCC2)c1. The van der Waals surface area contributed by atoms with Crippen molar-refractivity contribution in [3.8, 4) is 0 Å². The molecule has 1 N–H and O–H groups in total. The van der Waals surface area contributed by atoms with Crippen LogP contribution < -0.4 is 0 Å². The molecule has 0 unspecified atom stereocenters. The van der Waals surface area contributed by atoms with Crippen LogP contribution >= 0.6 is 0 Å². The molecule has 0 spiro atoms. The molecule has 0 aromatic heterocycles. The van der Waals surface area contributed by atoms with Crippen molar-refractivity contribution in [3.63, 3.8) is 0 Å². The van der Waals surface area contributed by atoms with Gasteiger partial charge in [0.1, 0.15) is 0 Å². The maximum Gasteiger partial charge on any atom is 0.325 e. The van der Waals surface area contributed by atoms with Crippen LogP contribution in [-0.2, 0) is 14.6 Å². The molecule has 0 radical (unpaired) electrons. The van der Waals surface area contributed by atoms with Crippen LogP contribution in [0.1, 0.15) is 24.8 Å². The number of carbonyl (C=O) groups is 1. The van der Waals surface area contributed by atoms with Crippen LogP contribution in [-0.4, -0.2) is 24.2 Å². The van der Waals surface area contributed by atoms with Crippen molar-refractivity contribution in [2.24, 2.45) is 0 Å². The highest BCUT2D eigenvalue weighted by molar-refractivity contribution is 7.93. The highest BCUT2D eigenvalue weighted by Crippen LogP contribution is 2.43. The number of carboxylic acid groups (broad SMARTS) is 1. The van der Waals surface area contributed by atoms with Gasteiger partial charge in [-0.1, -0.05) is 12.1 Å². The van der Waals surface area contributed by atoms with E-state index in [-0.39, 0.29) is 17.7 Å². The summed E-state index contributed by atoms with van der Waals surface area (Å²) < 4.78 is 23.1. The van der Waals surface area contributed by atoms with E-state index in [2.05, 4.69) is 0 Å². The molecule has 0 aliphatic heterocycles. The summed E-state index contributed by atoms with van der Waals surface area (Å²) in [5, 5.41) is 9.17. The van der Waals surface area contributed by atoms with Gasteiger partial charge in [-0.15, -0.1) is 0 Å². The first-order valence-electron chi connectivity index (χ1n) is 5.45. The van der Waals surface area contributed by atoms with Gasteiger partial charge in [0.25, 0.3) is 0 Å². The molecule has 4 nitrogen and oxygen atoms in total. The lowest BCUT2D eigenvalue weighted by molar-refractivity contribution is -0.142. The lowest BCUT2D eigenvalue weighted by atomic mass is 9.84. The summed E-state index contributed by atoms with van der Waals surface area (Å²) in [5.74, 6) is -1.23. The second-order valence-electron chi connectivity index (χ2n) is 4.47. The summed E-state index contributed by atoms with van der Waals surface area (Å²) in [6.45, 7) is 1.78. The van der Waals surface area contributed by atoms with Crippen LogP contribution in [0.25, 0.3) is 0 Å². The molecule has 1 saturated carbocycles. The van der Waals surface area contributed by atoms with Crippen molar-refractivity contribution >= 4 is 15.8 Å². The Hall–Kier alpha value is -1.36.